The third-order valence-corrected chi connectivity index (χ3v) is 9.11. The molecule has 2 heterocycles. The summed E-state index contributed by atoms with van der Waals surface area (Å²) < 4.78 is 0. The van der Waals surface area contributed by atoms with Gasteiger partial charge in [0.15, 0.2) is 0 Å². The van der Waals surface area contributed by atoms with Crippen LogP contribution in [0.1, 0.15) is 120 Å². The molecule has 2 aliphatic rings. The van der Waals surface area contributed by atoms with Crippen LogP contribution in [0.15, 0.2) is 24.3 Å². The Hall–Kier alpha value is -2.40. The van der Waals surface area contributed by atoms with Crippen LogP contribution >= 0.6 is 0 Å². The number of hydrogen-bond donors (Lipinski definition) is 6. The van der Waals surface area contributed by atoms with Crippen LogP contribution in [0, 0.1) is 0 Å². The van der Waals surface area contributed by atoms with Crippen LogP contribution in [0.3, 0.4) is 0 Å². The number of urea groups is 2. The maximum Gasteiger partial charge on any atom is 0.315 e. The average molecular weight is 589 g/mol. The fourth-order valence-corrected chi connectivity index (χ4v) is 7.20. The van der Waals surface area contributed by atoms with E-state index >= 15 is 0 Å². The second-order valence-corrected chi connectivity index (χ2v) is 16.1. The molecule has 3 rings (SSSR count). The lowest BCUT2D eigenvalue weighted by Gasteiger charge is -2.51. The Morgan fingerprint density at radius 2 is 0.952 bits per heavy atom. The normalized spacial score (nSPS) is 23.2. The first-order valence-electron chi connectivity index (χ1n) is 15.1. The van der Waals surface area contributed by atoms with Crippen molar-refractivity contribution in [1.82, 2.24) is 31.4 Å². The number of hydrogen-bond acceptors (Lipinski definition) is 6. The fourth-order valence-electron chi connectivity index (χ4n) is 7.20. The van der Waals surface area contributed by atoms with E-state index in [2.05, 4.69) is 21.3 Å². The first-order chi connectivity index (χ1) is 18.9. The summed E-state index contributed by atoms with van der Waals surface area (Å²) in [5.41, 5.74) is -1.39. The molecule has 1 aromatic carbocycles. The molecule has 0 spiro atoms. The topological polar surface area (TPSA) is 129 Å². The highest BCUT2D eigenvalue weighted by Crippen LogP contribution is 2.38. The van der Waals surface area contributed by atoms with Crippen LogP contribution in [0.2, 0.25) is 0 Å². The molecule has 1 aromatic rings. The molecular weight excluding hydrogens is 532 g/mol. The lowest BCUT2D eigenvalue weighted by atomic mass is 9.79. The molecule has 0 atom stereocenters. The second kappa shape index (κ2) is 11.3. The highest BCUT2D eigenvalue weighted by atomic mass is 16.5. The summed E-state index contributed by atoms with van der Waals surface area (Å²) in [5.74, 6) is 0. The van der Waals surface area contributed by atoms with E-state index in [1.54, 1.807) is 0 Å². The van der Waals surface area contributed by atoms with Gasteiger partial charge in [-0.3, -0.25) is 0 Å². The van der Waals surface area contributed by atoms with Gasteiger partial charge in [0, 0.05) is 34.2 Å². The molecule has 0 radical (unpaired) electrons. The van der Waals surface area contributed by atoms with Crippen molar-refractivity contribution in [1.29, 1.82) is 0 Å². The Morgan fingerprint density at radius 1 is 0.667 bits per heavy atom. The molecule has 2 saturated heterocycles. The van der Waals surface area contributed by atoms with Crippen LogP contribution < -0.4 is 21.3 Å². The van der Waals surface area contributed by atoms with Crippen molar-refractivity contribution in [2.45, 2.75) is 154 Å². The van der Waals surface area contributed by atoms with E-state index in [1.807, 2.05) is 107 Å². The third-order valence-electron chi connectivity index (χ3n) is 9.11. The Kier molecular flexibility index (Phi) is 9.14. The smallest absolute Gasteiger partial charge is 0.315 e. The minimum absolute atomic E-state index is 0.0806. The first kappa shape index (κ1) is 34.1. The Morgan fingerprint density at radius 3 is 1.24 bits per heavy atom. The number of hydroxylamine groups is 4. The first-order valence-corrected chi connectivity index (χ1v) is 15.1. The maximum absolute atomic E-state index is 13.1. The van der Waals surface area contributed by atoms with Gasteiger partial charge in [-0.05, 0) is 120 Å². The highest BCUT2D eigenvalue weighted by molar-refractivity contribution is 5.76. The number of carbonyl (C=O) groups excluding carboxylic acids is 2. The quantitative estimate of drug-likeness (QED) is 0.258. The van der Waals surface area contributed by atoms with Gasteiger partial charge < -0.3 is 31.7 Å². The summed E-state index contributed by atoms with van der Waals surface area (Å²) in [5, 5.41) is 36.5. The predicted octanol–water partition coefficient (Wildman–Crippen LogP) is 5.58. The molecule has 10 heteroatoms. The predicted molar refractivity (Wildman–Crippen MR) is 165 cm³/mol. The summed E-state index contributed by atoms with van der Waals surface area (Å²) >= 11 is 0. The minimum Gasteiger partial charge on any atom is -0.335 e. The molecule has 4 amide bonds. The van der Waals surface area contributed by atoms with Gasteiger partial charge in [-0.1, -0.05) is 24.3 Å². The van der Waals surface area contributed by atoms with Crippen molar-refractivity contribution in [3.63, 3.8) is 0 Å². The molecule has 238 valence electrons. The largest absolute Gasteiger partial charge is 0.335 e. The standard InChI is InChI=1S/C32H56N6O4/c1-27(2)17-23(18-28(3,4)37(27)41)33-25(39)35-31(9,10)21-14-13-15-22(16-21)32(11,12)36-26(40)34-24-19-29(5,6)38(42)30(7,8)20-24/h13-16,23-24,41-42H,17-20H2,1-12H3,(H2,33,35,39)(H2,34,36,40). The molecular formula is C32H56N6O4. The molecule has 2 aliphatic heterocycles. The number of carbonyl (C=O) groups is 2. The highest BCUT2D eigenvalue weighted by Gasteiger charge is 2.47. The van der Waals surface area contributed by atoms with Crippen molar-refractivity contribution < 1.29 is 20.0 Å². The second-order valence-electron chi connectivity index (χ2n) is 16.1. The Balaban J connectivity index is 1.66. The molecule has 0 bridgehead atoms. The Bertz CT molecular complexity index is 1040. The van der Waals surface area contributed by atoms with Gasteiger partial charge in [-0.2, -0.15) is 10.1 Å². The molecule has 10 nitrogen and oxygen atoms in total. The zero-order valence-electron chi connectivity index (χ0n) is 27.9. The molecule has 0 saturated carbocycles. The third kappa shape index (κ3) is 7.56. The number of amides is 4. The van der Waals surface area contributed by atoms with Gasteiger partial charge in [-0.25, -0.2) is 9.59 Å². The van der Waals surface area contributed by atoms with E-state index in [1.165, 1.54) is 10.1 Å². The van der Waals surface area contributed by atoms with Gasteiger partial charge in [0.05, 0.1) is 11.1 Å². The van der Waals surface area contributed by atoms with Crippen molar-refractivity contribution in [3.8, 4) is 0 Å². The van der Waals surface area contributed by atoms with Crippen molar-refractivity contribution in [2.75, 3.05) is 0 Å². The van der Waals surface area contributed by atoms with Crippen LogP contribution in [0.4, 0.5) is 9.59 Å². The Labute approximate surface area is 252 Å². The number of benzene rings is 1. The summed E-state index contributed by atoms with van der Waals surface area (Å²) in [6, 6.07) is 7.23. The number of nitrogens with zero attached hydrogens (tertiary/aromatic N) is 2. The summed E-state index contributed by atoms with van der Waals surface area (Å²) in [4.78, 5) is 26.3. The van der Waals surface area contributed by atoms with E-state index in [-0.39, 0.29) is 24.1 Å². The van der Waals surface area contributed by atoms with Gasteiger partial charge in [-0.15, -0.1) is 0 Å². The summed E-state index contributed by atoms with van der Waals surface area (Å²) in [6.45, 7) is 23.7. The van der Waals surface area contributed by atoms with E-state index in [4.69, 9.17) is 0 Å². The van der Waals surface area contributed by atoms with Crippen LogP contribution in [-0.2, 0) is 11.1 Å². The van der Waals surface area contributed by atoms with Crippen molar-refractivity contribution in [2.24, 2.45) is 0 Å². The minimum atomic E-state index is -0.684. The van der Waals surface area contributed by atoms with E-state index < -0.39 is 33.2 Å². The van der Waals surface area contributed by atoms with Gasteiger partial charge >= 0.3 is 12.1 Å². The zero-order valence-corrected chi connectivity index (χ0v) is 27.9. The van der Waals surface area contributed by atoms with Crippen LogP contribution in [0.25, 0.3) is 0 Å². The molecule has 0 unspecified atom stereocenters. The van der Waals surface area contributed by atoms with E-state index in [9.17, 15) is 20.0 Å². The average Bonchev–Trinajstić information content (AvgIpc) is 2.79. The fraction of sp³-hybridized carbons (Fsp3) is 0.750. The summed E-state index contributed by atoms with van der Waals surface area (Å²) in [7, 11) is 0. The lowest BCUT2D eigenvalue weighted by Crippen LogP contribution is -2.64. The van der Waals surface area contributed by atoms with Crippen LogP contribution in [-0.4, -0.2) is 66.8 Å². The number of nitrogens with one attached hydrogen (secondary N) is 4. The zero-order chi connectivity index (χ0) is 32.1. The van der Waals surface area contributed by atoms with Gasteiger partial charge in [0.1, 0.15) is 0 Å². The molecule has 6 N–H and O–H groups in total. The number of rotatable bonds is 6. The van der Waals surface area contributed by atoms with Crippen molar-refractivity contribution in [3.05, 3.63) is 35.4 Å². The SMILES string of the molecule is CC(C)(NC(=O)NC1CC(C)(C)N(O)C(C)(C)C1)c1cccc(C(C)(C)NC(=O)NC2CC(C)(C)N(O)C(C)(C)C2)c1. The molecule has 0 aliphatic carbocycles. The van der Waals surface area contributed by atoms with Gasteiger partial charge in [0.25, 0.3) is 0 Å². The molecule has 2 fully saturated rings. The van der Waals surface area contributed by atoms with E-state index in [0.717, 1.165) is 11.1 Å². The van der Waals surface area contributed by atoms with Crippen molar-refractivity contribution >= 4 is 12.1 Å². The number of piperidine rings is 2. The molecule has 0 aromatic heterocycles. The molecule has 42 heavy (non-hydrogen) atoms. The maximum atomic E-state index is 13.1. The lowest BCUT2D eigenvalue weighted by molar-refractivity contribution is -0.245. The summed E-state index contributed by atoms with van der Waals surface area (Å²) in [6.07, 6.45) is 2.52. The van der Waals surface area contributed by atoms with E-state index in [0.29, 0.717) is 25.7 Å². The monoisotopic (exact) mass is 588 g/mol. The van der Waals surface area contributed by atoms with Crippen LogP contribution in [0.5, 0.6) is 0 Å². The van der Waals surface area contributed by atoms with Gasteiger partial charge in [0.2, 0.25) is 0 Å².